The number of hydrogen-bond donors (Lipinski definition) is 0. The molecule has 20 heavy (non-hydrogen) atoms. The van der Waals surface area contributed by atoms with Crippen molar-refractivity contribution >= 4 is 10.9 Å². The van der Waals surface area contributed by atoms with Gasteiger partial charge >= 0.3 is 6.18 Å². The molecule has 1 aliphatic rings. The molecule has 0 amide bonds. The number of rotatable bonds is 1. The number of hydrogen-bond acceptors (Lipinski definition) is 1. The number of nitrogens with zero attached hydrogens (tertiary/aromatic N) is 2. The van der Waals surface area contributed by atoms with Gasteiger partial charge in [-0.15, -0.1) is 5.10 Å². The second-order valence-corrected chi connectivity index (χ2v) is 5.67. The fourth-order valence-electron chi connectivity index (χ4n) is 2.92. The maximum Gasteiger partial charge on any atom is 0.418 e. The molecule has 1 aromatic carbocycles. The van der Waals surface area contributed by atoms with E-state index < -0.39 is 17.7 Å². The minimum Gasteiger partial charge on any atom is -0.258 e. The number of benzene rings is 1. The molecule has 0 radical (unpaired) electrons. The van der Waals surface area contributed by atoms with E-state index in [1.165, 1.54) is 17.7 Å². The lowest BCUT2D eigenvalue weighted by atomic mass is 9.82. The van der Waals surface area contributed by atoms with Crippen LogP contribution < -0.4 is 0 Å². The molecule has 1 heterocycles. The van der Waals surface area contributed by atoms with Crippen LogP contribution in [0.3, 0.4) is 0 Å². The zero-order valence-corrected chi connectivity index (χ0v) is 11.1. The quantitative estimate of drug-likeness (QED) is 0.707. The maximum atomic E-state index is 13.9. The molecule has 2 nitrogen and oxygen atoms in total. The first-order valence-corrected chi connectivity index (χ1v) is 6.53. The van der Waals surface area contributed by atoms with Gasteiger partial charge < -0.3 is 0 Å². The van der Waals surface area contributed by atoms with Gasteiger partial charge in [-0.25, -0.2) is 0 Å². The molecule has 6 heteroatoms. The predicted molar refractivity (Wildman–Crippen MR) is 66.9 cm³/mol. The highest BCUT2D eigenvalue weighted by atomic mass is 19.4. The lowest BCUT2D eigenvalue weighted by molar-refractivity contribution is -0.136. The van der Waals surface area contributed by atoms with Crippen molar-refractivity contribution in [3.8, 4) is 0 Å². The molecule has 0 spiro atoms. The Labute approximate surface area is 113 Å². The molecular weight excluding hydrogens is 272 g/mol. The number of aromatic nitrogens is 2. The third-order valence-corrected chi connectivity index (χ3v) is 3.90. The Morgan fingerprint density at radius 1 is 1.25 bits per heavy atom. The van der Waals surface area contributed by atoms with Gasteiger partial charge in [0, 0.05) is 0 Å². The van der Waals surface area contributed by atoms with Crippen LogP contribution in [-0.4, -0.2) is 9.78 Å². The van der Waals surface area contributed by atoms with Crippen LogP contribution in [-0.2, 0) is 6.18 Å². The highest BCUT2D eigenvalue weighted by Gasteiger charge is 2.38. The highest BCUT2D eigenvalue weighted by Crippen LogP contribution is 2.42. The van der Waals surface area contributed by atoms with E-state index in [2.05, 4.69) is 5.10 Å². The van der Waals surface area contributed by atoms with Crippen molar-refractivity contribution in [2.75, 3.05) is 0 Å². The van der Waals surface area contributed by atoms with E-state index in [0.29, 0.717) is 11.5 Å². The third kappa shape index (κ3) is 1.98. The van der Waals surface area contributed by atoms with Gasteiger partial charge in [0.1, 0.15) is 0 Å². The monoisotopic (exact) mass is 286 g/mol. The molecule has 1 aliphatic carbocycles. The standard InChI is InChI=1S/C14H14F4N2/c1-7-3-9(4-7)20-12-10(13(15)19-20)5-8(2)6-11(12)14(16,17)18/h5-7,9H,3-4H2,1-2H3. The Bertz CT molecular complexity index is 666. The lowest BCUT2D eigenvalue weighted by Crippen LogP contribution is -2.26. The van der Waals surface area contributed by atoms with Crippen molar-refractivity contribution in [3.05, 3.63) is 29.2 Å². The number of alkyl halides is 3. The zero-order valence-electron chi connectivity index (χ0n) is 11.1. The molecule has 0 N–H and O–H groups in total. The van der Waals surface area contributed by atoms with Gasteiger partial charge in [-0.2, -0.15) is 17.6 Å². The van der Waals surface area contributed by atoms with Crippen LogP contribution in [0.5, 0.6) is 0 Å². The SMILES string of the molecule is Cc1cc(C(F)(F)F)c2c(c1)c(F)nn2C1CC(C)C1. The predicted octanol–water partition coefficient (Wildman–Crippen LogP) is 4.47. The van der Waals surface area contributed by atoms with Crippen LogP contribution in [0.15, 0.2) is 12.1 Å². The molecule has 0 aliphatic heterocycles. The van der Waals surface area contributed by atoms with Gasteiger partial charge in [0.2, 0.25) is 5.95 Å². The van der Waals surface area contributed by atoms with Crippen LogP contribution >= 0.6 is 0 Å². The molecule has 0 atom stereocenters. The lowest BCUT2D eigenvalue weighted by Gasteiger charge is -2.33. The van der Waals surface area contributed by atoms with E-state index >= 15 is 0 Å². The van der Waals surface area contributed by atoms with E-state index in [1.54, 1.807) is 0 Å². The number of fused-ring (bicyclic) bond motifs is 1. The van der Waals surface area contributed by atoms with Crippen LogP contribution in [0, 0.1) is 18.8 Å². The van der Waals surface area contributed by atoms with Gasteiger partial charge in [-0.3, -0.25) is 4.68 Å². The van der Waals surface area contributed by atoms with Gasteiger partial charge in [0.25, 0.3) is 0 Å². The van der Waals surface area contributed by atoms with E-state index in [9.17, 15) is 17.6 Å². The van der Waals surface area contributed by atoms with Crippen molar-refractivity contribution in [2.24, 2.45) is 5.92 Å². The Hall–Kier alpha value is -1.59. The summed E-state index contributed by atoms with van der Waals surface area (Å²) in [6, 6.07) is 2.34. The Morgan fingerprint density at radius 3 is 2.45 bits per heavy atom. The van der Waals surface area contributed by atoms with Gasteiger partial charge in [-0.05, 0) is 43.4 Å². The number of halogens is 4. The summed E-state index contributed by atoms with van der Waals surface area (Å²) in [5, 5.41) is 3.67. The summed E-state index contributed by atoms with van der Waals surface area (Å²) in [6.07, 6.45) is -3.04. The summed E-state index contributed by atoms with van der Waals surface area (Å²) in [5.74, 6) is -0.379. The summed E-state index contributed by atoms with van der Waals surface area (Å²) in [5.41, 5.74) is -0.550. The normalized spacial score (nSPS) is 23.1. The van der Waals surface area contributed by atoms with Crippen molar-refractivity contribution in [2.45, 2.75) is 38.9 Å². The molecule has 0 unspecified atom stereocenters. The molecule has 108 valence electrons. The van der Waals surface area contributed by atoms with Crippen LogP contribution in [0.4, 0.5) is 17.6 Å². The van der Waals surface area contributed by atoms with Gasteiger partial charge in [0.15, 0.2) is 0 Å². The topological polar surface area (TPSA) is 17.8 Å². The molecule has 0 bridgehead atoms. The average molecular weight is 286 g/mol. The smallest absolute Gasteiger partial charge is 0.258 e. The minimum absolute atomic E-state index is 0.0446. The van der Waals surface area contributed by atoms with Crippen molar-refractivity contribution in [1.29, 1.82) is 0 Å². The fraction of sp³-hybridized carbons (Fsp3) is 0.500. The highest BCUT2D eigenvalue weighted by molar-refractivity contribution is 5.84. The van der Waals surface area contributed by atoms with E-state index in [0.717, 1.165) is 18.9 Å². The first-order valence-electron chi connectivity index (χ1n) is 6.53. The summed E-state index contributed by atoms with van der Waals surface area (Å²) in [6.45, 7) is 3.55. The van der Waals surface area contributed by atoms with Crippen molar-refractivity contribution < 1.29 is 17.6 Å². The summed E-state index contributed by atoms with van der Waals surface area (Å²) in [4.78, 5) is 0. The molecular formula is C14H14F4N2. The van der Waals surface area contributed by atoms with E-state index in [4.69, 9.17) is 0 Å². The minimum atomic E-state index is -4.51. The third-order valence-electron chi connectivity index (χ3n) is 3.90. The molecule has 1 fully saturated rings. The number of aryl methyl sites for hydroxylation is 1. The van der Waals surface area contributed by atoms with Crippen LogP contribution in [0.2, 0.25) is 0 Å². The van der Waals surface area contributed by atoms with E-state index in [1.807, 2.05) is 6.92 Å². The largest absolute Gasteiger partial charge is 0.418 e. The average Bonchev–Trinajstić information content (AvgIpc) is 2.60. The Balaban J connectivity index is 2.27. The maximum absolute atomic E-state index is 13.9. The first kappa shape index (κ1) is 13.4. The molecule has 1 saturated carbocycles. The molecule has 3 rings (SSSR count). The Morgan fingerprint density at radius 2 is 1.90 bits per heavy atom. The van der Waals surface area contributed by atoms with E-state index in [-0.39, 0.29) is 16.9 Å². The summed E-state index contributed by atoms with van der Waals surface area (Å²) in [7, 11) is 0. The Kier molecular flexibility index (Phi) is 2.81. The molecule has 0 saturated heterocycles. The van der Waals surface area contributed by atoms with Crippen LogP contribution in [0.1, 0.15) is 36.9 Å². The van der Waals surface area contributed by atoms with Crippen molar-refractivity contribution in [1.82, 2.24) is 9.78 Å². The molecule has 1 aromatic heterocycles. The summed E-state index contributed by atoms with van der Waals surface area (Å²) < 4.78 is 54.7. The zero-order chi connectivity index (χ0) is 14.7. The first-order chi connectivity index (χ1) is 9.27. The molecule has 2 aromatic rings. The second kappa shape index (κ2) is 4.20. The van der Waals surface area contributed by atoms with Crippen molar-refractivity contribution in [3.63, 3.8) is 0 Å². The van der Waals surface area contributed by atoms with Crippen LogP contribution in [0.25, 0.3) is 10.9 Å². The van der Waals surface area contributed by atoms with Gasteiger partial charge in [-0.1, -0.05) is 6.92 Å². The fourth-order valence-corrected chi connectivity index (χ4v) is 2.92. The summed E-state index contributed by atoms with van der Waals surface area (Å²) >= 11 is 0. The van der Waals surface area contributed by atoms with Gasteiger partial charge in [0.05, 0.1) is 22.5 Å². The second-order valence-electron chi connectivity index (χ2n) is 5.67.